The van der Waals surface area contributed by atoms with Gasteiger partial charge in [0.1, 0.15) is 17.3 Å². The van der Waals surface area contributed by atoms with Crippen LogP contribution in [0.2, 0.25) is 0 Å². The molecule has 0 amide bonds. The number of piperazine rings is 1. The Labute approximate surface area is 237 Å². The molecule has 0 saturated carbocycles. The van der Waals surface area contributed by atoms with Crippen LogP contribution in [0.15, 0.2) is 42.6 Å². The summed E-state index contributed by atoms with van der Waals surface area (Å²) in [6.07, 6.45) is 1.73. The van der Waals surface area contributed by atoms with E-state index in [0.29, 0.717) is 39.0 Å². The molecular formula is C28H33ClFN5O3S. The van der Waals surface area contributed by atoms with E-state index in [1.165, 1.54) is 30.6 Å². The van der Waals surface area contributed by atoms with Crippen molar-refractivity contribution in [1.82, 2.24) is 14.9 Å². The molecule has 1 fully saturated rings. The van der Waals surface area contributed by atoms with Crippen LogP contribution in [-0.4, -0.2) is 67.4 Å². The van der Waals surface area contributed by atoms with E-state index in [9.17, 15) is 9.50 Å². The SMILES string of the molecule is COc1cc(N2CCN(C)CC2)ccc1Nc1ncc2sc(C(C)(C)O)c(-c3ccc(F)cc3OC)c2n1.Cl. The van der Waals surface area contributed by atoms with Crippen molar-refractivity contribution in [2.75, 3.05) is 57.7 Å². The van der Waals surface area contributed by atoms with Crippen LogP contribution < -0.4 is 19.7 Å². The number of rotatable bonds is 7. The van der Waals surface area contributed by atoms with Crippen LogP contribution >= 0.6 is 23.7 Å². The standard InChI is InChI=1S/C28H32FN5O3S.ClH/c1-28(2,35)26-24(19-8-6-17(29)14-21(19)36-4)25-23(38-26)16-30-27(32-25)31-20-9-7-18(15-22(20)37-5)34-12-10-33(3)11-13-34;/h6-9,14-16,35H,10-13H2,1-5H3,(H,30,31,32);1H. The van der Waals surface area contributed by atoms with Crippen molar-refractivity contribution in [2.45, 2.75) is 19.4 Å². The molecule has 2 aromatic carbocycles. The number of anilines is 3. The normalized spacial score (nSPS) is 14.3. The number of hydrogen-bond acceptors (Lipinski definition) is 9. The third-order valence-corrected chi connectivity index (χ3v) is 8.15. The van der Waals surface area contributed by atoms with Gasteiger partial charge in [-0.1, -0.05) is 0 Å². The number of hydrogen-bond donors (Lipinski definition) is 2. The Morgan fingerprint density at radius 2 is 1.74 bits per heavy atom. The molecule has 0 radical (unpaired) electrons. The highest BCUT2D eigenvalue weighted by molar-refractivity contribution is 7.19. The number of nitrogens with one attached hydrogen (secondary N) is 1. The summed E-state index contributed by atoms with van der Waals surface area (Å²) in [6.45, 7) is 7.40. The lowest BCUT2D eigenvalue weighted by atomic mass is 9.96. The van der Waals surface area contributed by atoms with Gasteiger partial charge < -0.3 is 29.7 Å². The van der Waals surface area contributed by atoms with E-state index in [-0.39, 0.29) is 12.4 Å². The van der Waals surface area contributed by atoms with Crippen LogP contribution in [0.3, 0.4) is 0 Å². The van der Waals surface area contributed by atoms with Gasteiger partial charge in [-0.3, -0.25) is 0 Å². The second kappa shape index (κ2) is 11.5. The number of ether oxygens (including phenoxy) is 2. The van der Waals surface area contributed by atoms with E-state index in [0.717, 1.165) is 42.3 Å². The van der Waals surface area contributed by atoms with Gasteiger partial charge >= 0.3 is 0 Å². The van der Waals surface area contributed by atoms with Crippen molar-refractivity contribution >= 4 is 51.3 Å². The summed E-state index contributed by atoms with van der Waals surface area (Å²) in [5.41, 5.74) is 2.67. The number of thiophene rings is 1. The van der Waals surface area contributed by atoms with Gasteiger partial charge in [-0.15, -0.1) is 23.7 Å². The third kappa shape index (κ3) is 5.89. The number of benzene rings is 2. The van der Waals surface area contributed by atoms with Gasteiger partial charge in [-0.05, 0) is 45.2 Å². The van der Waals surface area contributed by atoms with Crippen LogP contribution in [0, 0.1) is 5.82 Å². The van der Waals surface area contributed by atoms with E-state index < -0.39 is 11.4 Å². The molecule has 2 N–H and O–H groups in total. The summed E-state index contributed by atoms with van der Waals surface area (Å²) in [5.74, 6) is 1.03. The molecule has 0 aliphatic carbocycles. The van der Waals surface area contributed by atoms with Gasteiger partial charge in [0.2, 0.25) is 5.95 Å². The van der Waals surface area contributed by atoms with E-state index in [4.69, 9.17) is 14.5 Å². The molecule has 0 unspecified atom stereocenters. The first kappa shape index (κ1) is 28.8. The minimum absolute atomic E-state index is 0. The number of methoxy groups -OCH3 is 2. The van der Waals surface area contributed by atoms with Gasteiger partial charge in [-0.2, -0.15) is 0 Å². The second-order valence-corrected chi connectivity index (χ2v) is 11.0. The highest BCUT2D eigenvalue weighted by atomic mass is 35.5. The van der Waals surface area contributed by atoms with E-state index in [2.05, 4.69) is 33.2 Å². The third-order valence-electron chi connectivity index (χ3n) is 6.72. The number of nitrogens with zero attached hydrogens (tertiary/aromatic N) is 4. The predicted octanol–water partition coefficient (Wildman–Crippen LogP) is 5.66. The van der Waals surface area contributed by atoms with Crippen molar-refractivity contribution in [3.8, 4) is 22.6 Å². The topological polar surface area (TPSA) is 83.0 Å². The molecule has 5 rings (SSSR count). The van der Waals surface area contributed by atoms with Crippen LogP contribution in [0.4, 0.5) is 21.7 Å². The molecule has 8 nitrogen and oxygen atoms in total. The van der Waals surface area contributed by atoms with Crippen molar-refractivity contribution in [3.63, 3.8) is 0 Å². The van der Waals surface area contributed by atoms with Crippen molar-refractivity contribution in [2.24, 2.45) is 0 Å². The van der Waals surface area contributed by atoms with E-state index in [1.54, 1.807) is 33.2 Å². The number of likely N-dealkylation sites (N-methyl/N-ethyl adjacent to an activating group) is 1. The van der Waals surface area contributed by atoms with Gasteiger partial charge in [0.05, 0.1) is 41.9 Å². The van der Waals surface area contributed by atoms with Crippen LogP contribution in [0.1, 0.15) is 18.7 Å². The predicted molar refractivity (Wildman–Crippen MR) is 158 cm³/mol. The molecule has 1 aliphatic rings. The zero-order valence-electron chi connectivity index (χ0n) is 22.6. The van der Waals surface area contributed by atoms with Crippen LogP contribution in [-0.2, 0) is 5.60 Å². The smallest absolute Gasteiger partial charge is 0.227 e. The summed E-state index contributed by atoms with van der Waals surface area (Å²) in [6, 6.07) is 10.4. The van der Waals surface area contributed by atoms with Crippen LogP contribution in [0.25, 0.3) is 21.3 Å². The Hall–Kier alpha value is -3.18. The molecule has 11 heteroatoms. The summed E-state index contributed by atoms with van der Waals surface area (Å²) in [5, 5.41) is 14.3. The number of fused-ring (bicyclic) bond motifs is 1. The van der Waals surface area contributed by atoms with Crippen molar-refractivity contribution in [3.05, 3.63) is 53.3 Å². The zero-order valence-corrected chi connectivity index (χ0v) is 24.2. The summed E-state index contributed by atoms with van der Waals surface area (Å²) in [4.78, 5) is 14.7. The molecule has 0 bridgehead atoms. The molecule has 208 valence electrons. The lowest BCUT2D eigenvalue weighted by Gasteiger charge is -2.34. The first-order chi connectivity index (χ1) is 18.2. The first-order valence-electron chi connectivity index (χ1n) is 12.4. The number of aliphatic hydroxyl groups is 1. The maximum absolute atomic E-state index is 14.0. The lowest BCUT2D eigenvalue weighted by molar-refractivity contribution is 0.0831. The Balaban J connectivity index is 0.00000353. The van der Waals surface area contributed by atoms with Gasteiger partial charge in [-0.25, -0.2) is 14.4 Å². The van der Waals surface area contributed by atoms with Gasteiger partial charge in [0, 0.05) is 60.0 Å². The fraction of sp³-hybridized carbons (Fsp3) is 0.357. The Kier molecular flexibility index (Phi) is 8.51. The molecule has 0 atom stereocenters. The molecule has 0 spiro atoms. The number of halogens is 2. The molecule has 3 heterocycles. The van der Waals surface area contributed by atoms with E-state index >= 15 is 0 Å². The van der Waals surface area contributed by atoms with Crippen molar-refractivity contribution in [1.29, 1.82) is 0 Å². The Bertz CT molecular complexity index is 1470. The summed E-state index contributed by atoms with van der Waals surface area (Å²) in [7, 11) is 5.28. The maximum atomic E-state index is 14.0. The summed E-state index contributed by atoms with van der Waals surface area (Å²) >= 11 is 1.40. The number of aromatic nitrogens is 2. The Morgan fingerprint density at radius 3 is 2.41 bits per heavy atom. The molecule has 2 aromatic heterocycles. The van der Waals surface area contributed by atoms with E-state index in [1.807, 2.05) is 12.1 Å². The molecule has 39 heavy (non-hydrogen) atoms. The molecular weight excluding hydrogens is 541 g/mol. The molecule has 4 aromatic rings. The maximum Gasteiger partial charge on any atom is 0.227 e. The Morgan fingerprint density at radius 1 is 1.03 bits per heavy atom. The first-order valence-corrected chi connectivity index (χ1v) is 13.2. The highest BCUT2D eigenvalue weighted by Gasteiger charge is 2.29. The average molecular weight is 574 g/mol. The second-order valence-electron chi connectivity index (χ2n) is 9.92. The minimum atomic E-state index is -1.16. The fourth-order valence-electron chi connectivity index (χ4n) is 4.67. The average Bonchev–Trinajstić information content (AvgIpc) is 3.28. The van der Waals surface area contributed by atoms with Gasteiger partial charge in [0.25, 0.3) is 0 Å². The van der Waals surface area contributed by atoms with Crippen LogP contribution in [0.5, 0.6) is 11.5 Å². The molecule has 1 aliphatic heterocycles. The highest BCUT2D eigenvalue weighted by Crippen LogP contribution is 2.46. The fourth-order valence-corrected chi connectivity index (χ4v) is 5.80. The summed E-state index contributed by atoms with van der Waals surface area (Å²) < 4.78 is 26.0. The monoisotopic (exact) mass is 573 g/mol. The molecule has 1 saturated heterocycles. The quantitative estimate of drug-likeness (QED) is 0.293. The van der Waals surface area contributed by atoms with Crippen molar-refractivity contribution < 1.29 is 19.0 Å². The lowest BCUT2D eigenvalue weighted by Crippen LogP contribution is -2.44. The van der Waals surface area contributed by atoms with Gasteiger partial charge in [0.15, 0.2) is 0 Å². The minimum Gasteiger partial charge on any atom is -0.496 e. The zero-order chi connectivity index (χ0) is 27.0. The largest absolute Gasteiger partial charge is 0.496 e.